The molecule has 0 saturated carbocycles. The van der Waals surface area contributed by atoms with Crippen LogP contribution in [0.3, 0.4) is 0 Å². The van der Waals surface area contributed by atoms with Crippen LogP contribution in [0.2, 0.25) is 0 Å². The molecule has 0 amide bonds. The average molecular weight is 257 g/mol. The lowest BCUT2D eigenvalue weighted by molar-refractivity contribution is 0.512. The summed E-state index contributed by atoms with van der Waals surface area (Å²) in [5.41, 5.74) is 2.65. The second-order valence-corrected chi connectivity index (χ2v) is 5.01. The van der Waals surface area contributed by atoms with Crippen molar-refractivity contribution in [1.29, 1.82) is 0 Å². The summed E-state index contributed by atoms with van der Waals surface area (Å²) in [4.78, 5) is 4.52. The molecule has 3 nitrogen and oxygen atoms in total. The number of hydrogen-bond donors (Lipinski definition) is 1. The summed E-state index contributed by atoms with van der Waals surface area (Å²) in [7, 11) is 2.00. The molecular formula is C16H23N3. The van der Waals surface area contributed by atoms with E-state index in [1.165, 1.54) is 11.1 Å². The number of nitrogens with one attached hydrogen (secondary N) is 1. The summed E-state index contributed by atoms with van der Waals surface area (Å²) in [6, 6.07) is 9.00. The number of hydrogen-bond acceptors (Lipinski definition) is 2. The summed E-state index contributed by atoms with van der Waals surface area (Å²) < 4.78 is 2.25. The number of likely N-dealkylation sites (N-methyl/N-ethyl adjacent to an activating group) is 1. The van der Waals surface area contributed by atoms with Crippen LogP contribution >= 0.6 is 0 Å². The fourth-order valence-electron chi connectivity index (χ4n) is 2.34. The maximum absolute atomic E-state index is 4.52. The van der Waals surface area contributed by atoms with Crippen molar-refractivity contribution in [2.45, 2.75) is 39.3 Å². The van der Waals surface area contributed by atoms with Crippen LogP contribution in [-0.2, 0) is 13.0 Å². The standard InChI is InChI=1S/C16H23N3/c1-4-10-19-11-9-18-16(19)15(17-3)12-14-7-5-13(2)6-8-14/h5-9,11,15,17H,4,10,12H2,1-3H3. The molecule has 19 heavy (non-hydrogen) atoms. The van der Waals surface area contributed by atoms with E-state index < -0.39 is 0 Å². The second-order valence-electron chi connectivity index (χ2n) is 5.01. The van der Waals surface area contributed by atoms with Gasteiger partial charge in [-0.05, 0) is 32.4 Å². The Morgan fingerprint density at radius 3 is 2.63 bits per heavy atom. The van der Waals surface area contributed by atoms with Crippen LogP contribution in [0.5, 0.6) is 0 Å². The van der Waals surface area contributed by atoms with Gasteiger partial charge in [-0.3, -0.25) is 0 Å². The number of rotatable bonds is 6. The fourth-order valence-corrected chi connectivity index (χ4v) is 2.34. The van der Waals surface area contributed by atoms with Crippen LogP contribution in [0, 0.1) is 6.92 Å². The lowest BCUT2D eigenvalue weighted by Crippen LogP contribution is -2.23. The molecule has 0 aliphatic heterocycles. The van der Waals surface area contributed by atoms with Crippen LogP contribution in [0.1, 0.15) is 36.3 Å². The van der Waals surface area contributed by atoms with Gasteiger partial charge in [0.25, 0.3) is 0 Å². The van der Waals surface area contributed by atoms with Crippen molar-refractivity contribution in [3.05, 3.63) is 53.6 Å². The first-order valence-electron chi connectivity index (χ1n) is 6.98. The van der Waals surface area contributed by atoms with Crippen LogP contribution in [-0.4, -0.2) is 16.6 Å². The van der Waals surface area contributed by atoms with Gasteiger partial charge < -0.3 is 9.88 Å². The van der Waals surface area contributed by atoms with Crippen LogP contribution in [0.4, 0.5) is 0 Å². The largest absolute Gasteiger partial charge is 0.334 e. The Morgan fingerprint density at radius 2 is 2.00 bits per heavy atom. The highest BCUT2D eigenvalue weighted by Gasteiger charge is 2.15. The first-order valence-corrected chi connectivity index (χ1v) is 6.98. The van der Waals surface area contributed by atoms with Gasteiger partial charge in [-0.1, -0.05) is 36.8 Å². The summed E-state index contributed by atoms with van der Waals surface area (Å²) >= 11 is 0. The number of benzene rings is 1. The van der Waals surface area contributed by atoms with Gasteiger partial charge in [0, 0.05) is 18.9 Å². The minimum Gasteiger partial charge on any atom is -0.334 e. The SMILES string of the molecule is CCCn1ccnc1C(Cc1ccc(C)cc1)NC. The molecule has 0 aliphatic rings. The molecule has 1 unspecified atom stereocenters. The van der Waals surface area contributed by atoms with E-state index in [1.807, 2.05) is 13.2 Å². The van der Waals surface area contributed by atoms with E-state index in [2.05, 4.69) is 59.2 Å². The lowest BCUT2D eigenvalue weighted by Gasteiger charge is -2.17. The van der Waals surface area contributed by atoms with Crippen LogP contribution < -0.4 is 5.32 Å². The maximum atomic E-state index is 4.52. The monoisotopic (exact) mass is 257 g/mol. The zero-order valence-corrected chi connectivity index (χ0v) is 12.1. The molecule has 1 heterocycles. The summed E-state index contributed by atoms with van der Waals surface area (Å²) in [5.74, 6) is 1.13. The average Bonchev–Trinajstić information content (AvgIpc) is 2.87. The summed E-state index contributed by atoms with van der Waals surface area (Å²) in [5, 5.41) is 3.38. The number of nitrogens with zero attached hydrogens (tertiary/aromatic N) is 2. The minimum absolute atomic E-state index is 0.268. The molecule has 0 aliphatic carbocycles. The van der Waals surface area contributed by atoms with Crippen LogP contribution in [0.15, 0.2) is 36.7 Å². The van der Waals surface area contributed by atoms with E-state index >= 15 is 0 Å². The molecule has 1 N–H and O–H groups in total. The Hall–Kier alpha value is -1.61. The van der Waals surface area contributed by atoms with Gasteiger partial charge in [0.05, 0.1) is 6.04 Å². The van der Waals surface area contributed by atoms with Gasteiger partial charge in [-0.25, -0.2) is 4.98 Å². The fraction of sp³-hybridized carbons (Fsp3) is 0.438. The maximum Gasteiger partial charge on any atom is 0.126 e. The van der Waals surface area contributed by atoms with E-state index in [0.717, 1.165) is 25.2 Å². The van der Waals surface area contributed by atoms with Gasteiger partial charge in [-0.2, -0.15) is 0 Å². The van der Waals surface area contributed by atoms with Gasteiger partial charge in [0.1, 0.15) is 5.82 Å². The minimum atomic E-state index is 0.268. The molecule has 1 aromatic heterocycles. The van der Waals surface area contributed by atoms with Crippen molar-refractivity contribution >= 4 is 0 Å². The molecule has 0 radical (unpaired) electrons. The van der Waals surface area contributed by atoms with Crippen molar-refractivity contribution in [3.63, 3.8) is 0 Å². The van der Waals surface area contributed by atoms with Crippen LogP contribution in [0.25, 0.3) is 0 Å². The van der Waals surface area contributed by atoms with Crippen molar-refractivity contribution in [2.24, 2.45) is 0 Å². The number of imidazole rings is 1. The third-order valence-corrected chi connectivity index (χ3v) is 3.43. The Kier molecular flexibility index (Phi) is 4.74. The smallest absolute Gasteiger partial charge is 0.126 e. The molecule has 2 aromatic rings. The Balaban J connectivity index is 2.15. The van der Waals surface area contributed by atoms with Gasteiger partial charge in [0.15, 0.2) is 0 Å². The molecule has 3 heteroatoms. The third-order valence-electron chi connectivity index (χ3n) is 3.43. The molecule has 1 aromatic carbocycles. The van der Waals surface area contributed by atoms with Crippen molar-refractivity contribution in [3.8, 4) is 0 Å². The molecule has 0 saturated heterocycles. The van der Waals surface area contributed by atoms with Gasteiger partial charge in [-0.15, -0.1) is 0 Å². The van der Waals surface area contributed by atoms with E-state index in [0.29, 0.717) is 0 Å². The van der Waals surface area contributed by atoms with E-state index in [4.69, 9.17) is 0 Å². The first kappa shape index (κ1) is 13.8. The highest BCUT2D eigenvalue weighted by molar-refractivity contribution is 5.23. The van der Waals surface area contributed by atoms with E-state index in [-0.39, 0.29) is 6.04 Å². The topological polar surface area (TPSA) is 29.9 Å². The van der Waals surface area contributed by atoms with E-state index in [9.17, 15) is 0 Å². The second kappa shape index (κ2) is 6.53. The molecule has 2 rings (SSSR count). The predicted octanol–water partition coefficient (Wildman–Crippen LogP) is 3.10. The predicted molar refractivity (Wildman–Crippen MR) is 79.2 cm³/mol. The molecular weight excluding hydrogens is 234 g/mol. The molecule has 102 valence electrons. The zero-order chi connectivity index (χ0) is 13.7. The number of aryl methyl sites for hydroxylation is 2. The summed E-state index contributed by atoms with van der Waals surface area (Å²) in [6.45, 7) is 5.34. The Bertz CT molecular complexity index is 499. The summed E-state index contributed by atoms with van der Waals surface area (Å²) in [6.07, 6.45) is 6.06. The quantitative estimate of drug-likeness (QED) is 0.861. The normalized spacial score (nSPS) is 12.6. The molecule has 1 atom stereocenters. The molecule has 0 spiro atoms. The third kappa shape index (κ3) is 3.44. The highest BCUT2D eigenvalue weighted by Crippen LogP contribution is 2.17. The Morgan fingerprint density at radius 1 is 1.26 bits per heavy atom. The molecule has 0 fully saturated rings. The highest BCUT2D eigenvalue weighted by atomic mass is 15.1. The zero-order valence-electron chi connectivity index (χ0n) is 12.1. The van der Waals surface area contributed by atoms with Crippen molar-refractivity contribution in [2.75, 3.05) is 7.05 Å². The number of aromatic nitrogens is 2. The first-order chi connectivity index (χ1) is 9.24. The van der Waals surface area contributed by atoms with Crippen molar-refractivity contribution < 1.29 is 0 Å². The van der Waals surface area contributed by atoms with E-state index in [1.54, 1.807) is 0 Å². The van der Waals surface area contributed by atoms with Crippen molar-refractivity contribution in [1.82, 2.24) is 14.9 Å². The molecule has 0 bridgehead atoms. The van der Waals surface area contributed by atoms with Gasteiger partial charge in [0.2, 0.25) is 0 Å². The van der Waals surface area contributed by atoms with Gasteiger partial charge >= 0.3 is 0 Å². The lowest BCUT2D eigenvalue weighted by atomic mass is 10.0. The Labute approximate surface area is 115 Å².